The lowest BCUT2D eigenvalue weighted by Crippen LogP contribution is -2.46. The maximum Gasteiger partial charge on any atom is 0.416 e. The molecule has 47 heavy (non-hydrogen) atoms. The second-order valence-corrected chi connectivity index (χ2v) is 14.3. The van der Waals surface area contributed by atoms with Crippen LogP contribution >= 0.6 is 0 Å². The summed E-state index contributed by atoms with van der Waals surface area (Å²) in [5, 5.41) is 8.95. The number of carbonyl (C=O) groups excluding carboxylic acids is 1. The van der Waals surface area contributed by atoms with Gasteiger partial charge in [0.2, 0.25) is 5.91 Å². The van der Waals surface area contributed by atoms with Crippen molar-refractivity contribution in [2.45, 2.75) is 137 Å². The lowest BCUT2D eigenvalue weighted by atomic mass is 9.78. The summed E-state index contributed by atoms with van der Waals surface area (Å²) >= 11 is 0. The first-order chi connectivity index (χ1) is 22.1. The second-order valence-electron chi connectivity index (χ2n) is 14.3. The Morgan fingerprint density at radius 1 is 1.11 bits per heavy atom. The van der Waals surface area contributed by atoms with Crippen LogP contribution in [0.5, 0.6) is 0 Å². The fourth-order valence-electron chi connectivity index (χ4n) is 8.16. The molecular formula is C40H60F3NO3. The first-order valence-corrected chi connectivity index (χ1v) is 17.8. The SMILES string of the molecule is C=C(C)/C=C(\C=C/C)C(F)(F)F.CCC1CC(C)CN1C(=O)[C@@]12CCCC1C[C@@H](C)C2.CCCC(CCC)c1cccc(C(=O)O)c1. The Kier molecular flexibility index (Phi) is 16.0. The third-order valence-electron chi connectivity index (χ3n) is 10.1. The number of aromatic carboxylic acids is 1. The molecule has 1 N–H and O–H groups in total. The molecule has 1 amide bonds. The third kappa shape index (κ3) is 11.4. The van der Waals surface area contributed by atoms with Gasteiger partial charge < -0.3 is 10.0 Å². The summed E-state index contributed by atoms with van der Waals surface area (Å²) in [5.41, 5.74) is 1.34. The van der Waals surface area contributed by atoms with Gasteiger partial charge in [0.05, 0.1) is 16.6 Å². The zero-order valence-corrected chi connectivity index (χ0v) is 30.0. The van der Waals surface area contributed by atoms with Crippen molar-refractivity contribution in [2.75, 3.05) is 6.54 Å². The van der Waals surface area contributed by atoms with Crippen LogP contribution in [0.15, 0.2) is 60.2 Å². The van der Waals surface area contributed by atoms with Gasteiger partial charge in [-0.05, 0) is 113 Å². The van der Waals surface area contributed by atoms with Gasteiger partial charge >= 0.3 is 12.1 Å². The van der Waals surface area contributed by atoms with Crippen LogP contribution in [-0.2, 0) is 4.79 Å². The number of carboxylic acid groups (broad SMARTS) is 1. The molecule has 7 heteroatoms. The lowest BCUT2D eigenvalue weighted by Gasteiger charge is -2.36. The van der Waals surface area contributed by atoms with Crippen molar-refractivity contribution in [3.05, 3.63) is 71.3 Å². The maximum absolute atomic E-state index is 13.2. The molecule has 1 aromatic rings. The van der Waals surface area contributed by atoms with Gasteiger partial charge in [0.25, 0.3) is 0 Å². The molecule has 2 aliphatic carbocycles. The van der Waals surface area contributed by atoms with Crippen LogP contribution in [0, 0.1) is 23.2 Å². The maximum atomic E-state index is 13.2. The monoisotopic (exact) mass is 659 g/mol. The first-order valence-electron chi connectivity index (χ1n) is 17.8. The van der Waals surface area contributed by atoms with E-state index in [2.05, 4.69) is 46.1 Å². The summed E-state index contributed by atoms with van der Waals surface area (Å²) in [7, 11) is 0. The minimum atomic E-state index is -4.29. The molecule has 0 aromatic heterocycles. The summed E-state index contributed by atoms with van der Waals surface area (Å²) in [6.45, 7) is 18.7. The van der Waals surface area contributed by atoms with Crippen molar-refractivity contribution in [3.63, 3.8) is 0 Å². The van der Waals surface area contributed by atoms with E-state index in [4.69, 9.17) is 5.11 Å². The Balaban J connectivity index is 0.000000253. The number of hydrogen-bond donors (Lipinski definition) is 1. The minimum Gasteiger partial charge on any atom is -0.478 e. The molecule has 3 unspecified atom stereocenters. The molecule has 1 aliphatic heterocycles. The van der Waals surface area contributed by atoms with Crippen LogP contribution in [-0.4, -0.2) is 40.6 Å². The number of likely N-dealkylation sites (tertiary alicyclic amines) is 1. The van der Waals surface area contributed by atoms with E-state index in [1.54, 1.807) is 6.07 Å². The van der Waals surface area contributed by atoms with E-state index in [0.29, 0.717) is 40.8 Å². The summed E-state index contributed by atoms with van der Waals surface area (Å²) in [5.74, 6) is 2.36. The normalized spacial score (nSPS) is 25.7. The van der Waals surface area contributed by atoms with Crippen molar-refractivity contribution in [1.82, 2.24) is 4.90 Å². The van der Waals surface area contributed by atoms with Crippen molar-refractivity contribution in [1.29, 1.82) is 0 Å². The number of rotatable bonds is 10. The van der Waals surface area contributed by atoms with Gasteiger partial charge in [-0.1, -0.05) is 90.3 Å². The van der Waals surface area contributed by atoms with Gasteiger partial charge in [-0.15, -0.1) is 0 Å². The highest BCUT2D eigenvalue weighted by molar-refractivity contribution is 5.87. The molecule has 1 heterocycles. The van der Waals surface area contributed by atoms with E-state index in [-0.39, 0.29) is 5.41 Å². The number of amides is 1. The summed E-state index contributed by atoms with van der Waals surface area (Å²) in [6.07, 6.45) is 12.2. The average molecular weight is 660 g/mol. The number of alkyl halides is 3. The lowest BCUT2D eigenvalue weighted by molar-refractivity contribution is -0.144. The molecule has 0 spiro atoms. The number of benzene rings is 1. The highest BCUT2D eigenvalue weighted by Gasteiger charge is 2.56. The molecule has 3 fully saturated rings. The highest BCUT2D eigenvalue weighted by Crippen LogP contribution is 2.57. The van der Waals surface area contributed by atoms with Crippen molar-refractivity contribution >= 4 is 11.9 Å². The molecular weight excluding hydrogens is 599 g/mol. The van der Waals surface area contributed by atoms with Crippen molar-refractivity contribution in [2.24, 2.45) is 23.2 Å². The Hall–Kier alpha value is -2.83. The van der Waals surface area contributed by atoms with Gasteiger partial charge in [-0.2, -0.15) is 13.2 Å². The summed E-state index contributed by atoms with van der Waals surface area (Å²) in [4.78, 5) is 26.4. The topological polar surface area (TPSA) is 57.6 Å². The van der Waals surface area contributed by atoms with E-state index in [0.717, 1.165) is 63.1 Å². The molecule has 5 atom stereocenters. The van der Waals surface area contributed by atoms with E-state index < -0.39 is 17.7 Å². The van der Waals surface area contributed by atoms with E-state index in [1.807, 2.05) is 18.2 Å². The standard InChI is InChI=1S/C17H29NO.C14H20O2.C9H11F3/c1-4-15-9-13(3)11-18(15)16(19)17-7-5-6-14(17)8-12(2)10-17;1-3-6-11(7-4-2)12-8-5-9-13(10-12)14(15)16;1-4-5-8(6-7(2)3)9(10,11)12/h12-15H,4-11H2,1-3H3;5,8-11H,3-4,6-7H2,1-2H3,(H,15,16);4-6H,2H2,1,3H3/b;;5-4-,8-6+/t12-,13?,14?,15?,17-;;/m1../s1. The van der Waals surface area contributed by atoms with E-state index in [9.17, 15) is 22.8 Å². The van der Waals surface area contributed by atoms with E-state index >= 15 is 0 Å². The second kappa shape index (κ2) is 18.6. The van der Waals surface area contributed by atoms with Crippen molar-refractivity contribution in [3.8, 4) is 0 Å². The van der Waals surface area contributed by atoms with Crippen LogP contribution in [0.4, 0.5) is 13.2 Å². The average Bonchev–Trinajstić information content (AvgIpc) is 3.68. The molecule has 0 bridgehead atoms. The number of nitrogens with zero attached hydrogens (tertiary/aromatic N) is 1. The van der Waals surface area contributed by atoms with Crippen LogP contribution in [0.25, 0.3) is 0 Å². The van der Waals surface area contributed by atoms with Gasteiger partial charge in [-0.25, -0.2) is 4.79 Å². The zero-order valence-electron chi connectivity index (χ0n) is 30.0. The summed E-state index contributed by atoms with van der Waals surface area (Å²) in [6, 6.07) is 7.88. The molecule has 1 saturated heterocycles. The number of fused-ring (bicyclic) bond motifs is 1. The number of carbonyl (C=O) groups is 2. The fourth-order valence-corrected chi connectivity index (χ4v) is 8.16. The van der Waals surface area contributed by atoms with E-state index in [1.165, 1.54) is 57.6 Å². The number of hydrogen-bond acceptors (Lipinski definition) is 2. The molecule has 4 rings (SSSR count). The molecule has 3 aliphatic rings. The molecule has 264 valence electrons. The smallest absolute Gasteiger partial charge is 0.416 e. The Labute approximate surface area is 282 Å². The van der Waals surface area contributed by atoms with Crippen LogP contribution in [0.3, 0.4) is 0 Å². The fraction of sp³-hybridized carbons (Fsp3) is 0.650. The Bertz CT molecular complexity index is 1230. The largest absolute Gasteiger partial charge is 0.478 e. The van der Waals surface area contributed by atoms with Crippen molar-refractivity contribution < 1.29 is 27.9 Å². The number of allylic oxidation sites excluding steroid dienone is 5. The van der Waals surface area contributed by atoms with Crippen LogP contribution in [0.2, 0.25) is 0 Å². The third-order valence-corrected chi connectivity index (χ3v) is 10.1. The first kappa shape index (κ1) is 40.3. The quantitative estimate of drug-likeness (QED) is 0.254. The molecule has 1 aromatic carbocycles. The van der Waals surface area contributed by atoms with Gasteiger partial charge in [0.1, 0.15) is 0 Å². The molecule has 2 saturated carbocycles. The Morgan fingerprint density at radius 3 is 2.30 bits per heavy atom. The van der Waals surface area contributed by atoms with Gasteiger partial charge in [-0.3, -0.25) is 4.79 Å². The van der Waals surface area contributed by atoms with Gasteiger partial charge in [0.15, 0.2) is 0 Å². The zero-order chi connectivity index (χ0) is 35.4. The van der Waals surface area contributed by atoms with Crippen LogP contribution < -0.4 is 0 Å². The highest BCUT2D eigenvalue weighted by atomic mass is 19.4. The number of carboxylic acids is 1. The van der Waals surface area contributed by atoms with Gasteiger partial charge in [0, 0.05) is 12.6 Å². The minimum absolute atomic E-state index is 0.0525. The van der Waals surface area contributed by atoms with Crippen LogP contribution in [0.1, 0.15) is 141 Å². The summed E-state index contributed by atoms with van der Waals surface area (Å²) < 4.78 is 36.3. The number of halogens is 3. The predicted octanol–water partition coefficient (Wildman–Crippen LogP) is 11.5. The molecule has 4 nitrogen and oxygen atoms in total. The predicted molar refractivity (Wildman–Crippen MR) is 187 cm³/mol. The molecule has 0 radical (unpaired) electrons. The Morgan fingerprint density at radius 2 is 1.77 bits per heavy atom.